The maximum absolute atomic E-state index is 16.0. The average Bonchev–Trinajstić information content (AvgIpc) is 3.62. The van der Waals surface area contributed by atoms with Crippen molar-refractivity contribution in [3.05, 3.63) is 93.2 Å². The van der Waals surface area contributed by atoms with Gasteiger partial charge >= 0.3 is 6.55 Å². The fourth-order valence-corrected chi connectivity index (χ4v) is 5.66. The van der Waals surface area contributed by atoms with Crippen molar-refractivity contribution in [1.82, 2.24) is 34.3 Å². The summed E-state index contributed by atoms with van der Waals surface area (Å²) >= 11 is 12.2. The average molecular weight is 643 g/mol. The van der Waals surface area contributed by atoms with Crippen LogP contribution in [0.15, 0.2) is 66.0 Å². The second kappa shape index (κ2) is 11.9. The fraction of sp³-hybridized carbons (Fsp3) is 0.241. The number of amides is 1. The lowest BCUT2D eigenvalue weighted by Crippen LogP contribution is -2.27. The number of anilines is 1. The van der Waals surface area contributed by atoms with Crippen LogP contribution in [-0.4, -0.2) is 40.2 Å². The van der Waals surface area contributed by atoms with Gasteiger partial charge in [-0.15, -0.1) is 5.10 Å². The van der Waals surface area contributed by atoms with Crippen LogP contribution in [0.25, 0.3) is 28.1 Å². The highest BCUT2D eigenvalue weighted by molar-refractivity contribution is 6.31. The van der Waals surface area contributed by atoms with Gasteiger partial charge in [-0.3, -0.25) is 14.6 Å². The lowest BCUT2D eigenvalue weighted by Gasteiger charge is -2.23. The van der Waals surface area contributed by atoms with Crippen molar-refractivity contribution in [3.8, 4) is 28.1 Å². The molecule has 226 valence electrons. The number of alkyl halides is 2. The van der Waals surface area contributed by atoms with Crippen molar-refractivity contribution in [2.24, 2.45) is 5.92 Å². The number of rotatable bonds is 4. The number of carbonyl (C=O) groups excluding carboxylic acids is 1. The molecule has 5 aromatic rings. The number of benzene rings is 1. The van der Waals surface area contributed by atoms with Crippen LogP contribution >= 0.6 is 23.2 Å². The SMILES string of the molecule is C[C@@H]1CCC[C@@H](n2cc(F)c(-c3cc(Cl)ccc3-n3cc(Cl)nn3)cc2=O)c2cc(ccn2)-c2c(cnn2C(F)F)NC1=O. The van der Waals surface area contributed by atoms with Gasteiger partial charge in [0.2, 0.25) is 5.91 Å². The molecule has 1 aromatic carbocycles. The van der Waals surface area contributed by atoms with E-state index in [4.69, 9.17) is 23.2 Å². The quantitative estimate of drug-likeness (QED) is 0.238. The maximum Gasteiger partial charge on any atom is 0.333 e. The lowest BCUT2D eigenvalue weighted by atomic mass is 9.96. The summed E-state index contributed by atoms with van der Waals surface area (Å²) < 4.78 is 46.9. The van der Waals surface area contributed by atoms with Gasteiger partial charge in [-0.25, -0.2) is 13.8 Å². The summed E-state index contributed by atoms with van der Waals surface area (Å²) in [5, 5.41) is 14.6. The number of carbonyl (C=O) groups is 1. The molecule has 1 aliphatic heterocycles. The van der Waals surface area contributed by atoms with Gasteiger partial charge in [-0.1, -0.05) is 41.8 Å². The normalized spacial score (nSPS) is 17.1. The van der Waals surface area contributed by atoms with E-state index in [1.54, 1.807) is 25.1 Å². The number of halogens is 5. The molecule has 0 unspecified atom stereocenters. The zero-order valence-corrected chi connectivity index (χ0v) is 24.5. The third-order valence-electron chi connectivity index (χ3n) is 7.53. The lowest BCUT2D eigenvalue weighted by molar-refractivity contribution is -0.119. The first-order chi connectivity index (χ1) is 21.1. The monoisotopic (exact) mass is 642 g/mol. The Hall–Kier alpha value is -4.49. The van der Waals surface area contributed by atoms with E-state index in [1.165, 1.54) is 40.0 Å². The number of pyridine rings is 2. The minimum absolute atomic E-state index is 0.0147. The van der Waals surface area contributed by atoms with Crippen LogP contribution in [0, 0.1) is 11.7 Å². The van der Waals surface area contributed by atoms with Crippen LogP contribution < -0.4 is 10.9 Å². The first-order valence-corrected chi connectivity index (χ1v) is 14.3. The van der Waals surface area contributed by atoms with Gasteiger partial charge in [0.05, 0.1) is 41.2 Å². The number of hydrogen-bond acceptors (Lipinski definition) is 6. The molecule has 15 heteroatoms. The smallest absolute Gasteiger partial charge is 0.323 e. The van der Waals surface area contributed by atoms with Crippen LogP contribution in [0.2, 0.25) is 10.2 Å². The Morgan fingerprint density at radius 2 is 1.86 bits per heavy atom. The van der Waals surface area contributed by atoms with E-state index in [-0.39, 0.29) is 33.6 Å². The van der Waals surface area contributed by atoms with Crippen LogP contribution in [-0.2, 0) is 4.79 Å². The number of hydrogen-bond donors (Lipinski definition) is 1. The van der Waals surface area contributed by atoms with Gasteiger partial charge < -0.3 is 9.88 Å². The molecule has 0 radical (unpaired) electrons. The Bertz CT molecular complexity index is 1940. The highest BCUT2D eigenvalue weighted by atomic mass is 35.5. The molecule has 0 aliphatic carbocycles. The summed E-state index contributed by atoms with van der Waals surface area (Å²) in [5.74, 6) is -1.57. The van der Waals surface area contributed by atoms with Gasteiger partial charge in [0, 0.05) is 46.1 Å². The number of nitrogens with one attached hydrogen (secondary N) is 1. The fourth-order valence-electron chi connectivity index (χ4n) is 5.36. The van der Waals surface area contributed by atoms with E-state index in [2.05, 4.69) is 25.7 Å². The molecular formula is C29H23Cl2F3N8O2. The summed E-state index contributed by atoms with van der Waals surface area (Å²) in [5.41, 5.74) is 0.857. The Kier molecular flexibility index (Phi) is 7.99. The Balaban J connectivity index is 1.48. The third kappa shape index (κ3) is 5.60. The van der Waals surface area contributed by atoms with Crippen LogP contribution in [0.1, 0.15) is 44.5 Å². The van der Waals surface area contributed by atoms with Crippen LogP contribution in [0.3, 0.4) is 0 Å². The van der Waals surface area contributed by atoms with Crippen LogP contribution in [0.4, 0.5) is 18.9 Å². The molecule has 10 nitrogen and oxygen atoms in total. The molecule has 0 spiro atoms. The predicted octanol–water partition coefficient (Wildman–Crippen LogP) is 6.54. The minimum Gasteiger partial charge on any atom is -0.323 e. The molecule has 1 N–H and O–H groups in total. The Morgan fingerprint density at radius 3 is 2.61 bits per heavy atom. The molecule has 1 aliphatic rings. The highest BCUT2D eigenvalue weighted by Gasteiger charge is 2.27. The summed E-state index contributed by atoms with van der Waals surface area (Å²) in [4.78, 5) is 31.0. The first kappa shape index (κ1) is 29.6. The van der Waals surface area contributed by atoms with Crippen molar-refractivity contribution in [2.45, 2.75) is 38.8 Å². The minimum atomic E-state index is -2.98. The van der Waals surface area contributed by atoms with Crippen LogP contribution in [0.5, 0.6) is 0 Å². The van der Waals surface area contributed by atoms with Crippen molar-refractivity contribution < 1.29 is 18.0 Å². The predicted molar refractivity (Wildman–Crippen MR) is 158 cm³/mol. The molecule has 44 heavy (non-hydrogen) atoms. The summed E-state index contributed by atoms with van der Waals surface area (Å²) in [7, 11) is 0. The number of fused-ring (bicyclic) bond motifs is 4. The second-order valence-corrected chi connectivity index (χ2v) is 11.2. The van der Waals surface area contributed by atoms with Crippen molar-refractivity contribution in [1.29, 1.82) is 0 Å². The van der Waals surface area contributed by atoms with Gasteiger partial charge in [0.15, 0.2) is 5.15 Å². The molecule has 5 heterocycles. The zero-order chi connectivity index (χ0) is 31.1. The molecule has 1 amide bonds. The van der Waals surface area contributed by atoms with E-state index >= 15 is 4.39 Å². The Labute approximate surface area is 258 Å². The molecule has 2 atom stereocenters. The van der Waals surface area contributed by atoms with E-state index in [9.17, 15) is 18.4 Å². The van der Waals surface area contributed by atoms with Gasteiger partial charge in [0.1, 0.15) is 5.82 Å². The van der Waals surface area contributed by atoms with E-state index in [1.807, 2.05) is 0 Å². The standard InChI is InChI=1S/C29H23Cl2F3N8O2/c1-15-3-2-4-24(21-9-16(7-8-35-21)27-22(37-28(15)44)12-36-42(27)29(33)34)40-13-20(32)18(11-26(40)43)19-10-17(30)5-6-23(19)41-14-25(31)38-39-41/h5-15,24,29H,2-4H2,1H3,(H,37,44)/t15-,24-/m1/s1. The molecule has 0 fully saturated rings. The van der Waals surface area contributed by atoms with Crippen molar-refractivity contribution in [3.63, 3.8) is 0 Å². The summed E-state index contributed by atoms with van der Waals surface area (Å²) in [6.45, 7) is -1.27. The molecule has 4 aromatic heterocycles. The van der Waals surface area contributed by atoms with Gasteiger partial charge in [0.25, 0.3) is 5.56 Å². The highest BCUT2D eigenvalue weighted by Crippen LogP contribution is 2.36. The van der Waals surface area contributed by atoms with Crippen molar-refractivity contribution in [2.75, 3.05) is 5.32 Å². The van der Waals surface area contributed by atoms with E-state index < -0.39 is 29.9 Å². The first-order valence-electron chi connectivity index (χ1n) is 13.5. The molecular weight excluding hydrogens is 620 g/mol. The summed E-state index contributed by atoms with van der Waals surface area (Å²) in [6.07, 6.45) is 6.32. The van der Waals surface area contributed by atoms with Gasteiger partial charge in [-0.05, 0) is 43.2 Å². The molecule has 6 rings (SSSR count). The molecule has 0 saturated heterocycles. The number of nitrogens with zero attached hydrogens (tertiary/aromatic N) is 7. The maximum atomic E-state index is 16.0. The largest absolute Gasteiger partial charge is 0.333 e. The zero-order valence-electron chi connectivity index (χ0n) is 23.0. The molecule has 2 bridgehead atoms. The van der Waals surface area contributed by atoms with Gasteiger partial charge in [-0.2, -0.15) is 13.9 Å². The van der Waals surface area contributed by atoms with E-state index in [0.717, 1.165) is 12.3 Å². The van der Waals surface area contributed by atoms with Crippen molar-refractivity contribution >= 4 is 34.8 Å². The third-order valence-corrected chi connectivity index (χ3v) is 7.93. The second-order valence-electron chi connectivity index (χ2n) is 10.4. The van der Waals surface area contributed by atoms with E-state index in [0.29, 0.717) is 45.9 Å². The summed E-state index contributed by atoms with van der Waals surface area (Å²) in [6, 6.07) is 8.12. The molecule has 0 saturated carbocycles. The Morgan fingerprint density at radius 1 is 1.05 bits per heavy atom. The topological polar surface area (TPSA) is 113 Å². The number of aromatic nitrogens is 7.